The van der Waals surface area contributed by atoms with Gasteiger partial charge in [0.15, 0.2) is 0 Å². The molecule has 0 bridgehead atoms. The van der Waals surface area contributed by atoms with E-state index in [0.29, 0.717) is 6.42 Å². The molecule has 0 saturated heterocycles. The van der Waals surface area contributed by atoms with Crippen LogP contribution in [-0.4, -0.2) is 44.3 Å². The molecule has 0 aromatic heterocycles. The fourth-order valence-corrected chi connectivity index (χ4v) is 2.71. The van der Waals surface area contributed by atoms with E-state index in [0.717, 1.165) is 25.7 Å². The summed E-state index contributed by atoms with van der Waals surface area (Å²) in [7, 11) is 2.90. The number of carbonyl (C=O) groups is 1. The SMILES string of the molecule is CCCC1C=CC(CCC[C@]2(OC)C=C[C@@H](CC(=O)OC)OO2)OO1. The second kappa shape index (κ2) is 10.0. The Morgan fingerprint density at radius 1 is 1.04 bits per heavy atom. The summed E-state index contributed by atoms with van der Waals surface area (Å²) in [6.45, 7) is 2.11. The Kier molecular flexibility index (Phi) is 8.05. The highest BCUT2D eigenvalue weighted by atomic mass is 17.2. The maximum absolute atomic E-state index is 11.3. The largest absolute Gasteiger partial charge is 0.469 e. The Bertz CT molecular complexity index is 476. The summed E-state index contributed by atoms with van der Waals surface area (Å²) in [6.07, 6.45) is 11.5. The van der Waals surface area contributed by atoms with Gasteiger partial charge >= 0.3 is 5.97 Å². The molecule has 7 heteroatoms. The van der Waals surface area contributed by atoms with Crippen molar-refractivity contribution in [3.05, 3.63) is 24.3 Å². The molecule has 0 saturated carbocycles. The van der Waals surface area contributed by atoms with Crippen molar-refractivity contribution < 1.29 is 33.8 Å². The fraction of sp³-hybridized carbons (Fsp3) is 0.722. The molecule has 2 unspecified atom stereocenters. The Labute approximate surface area is 148 Å². The van der Waals surface area contributed by atoms with Gasteiger partial charge in [-0.05, 0) is 25.3 Å². The van der Waals surface area contributed by atoms with Crippen LogP contribution in [0, 0.1) is 0 Å². The topological polar surface area (TPSA) is 72.5 Å². The average molecular weight is 356 g/mol. The first-order valence-electron chi connectivity index (χ1n) is 8.77. The number of esters is 1. The van der Waals surface area contributed by atoms with Gasteiger partial charge in [-0.2, -0.15) is 4.89 Å². The number of rotatable bonds is 9. The molecule has 0 N–H and O–H groups in total. The average Bonchev–Trinajstić information content (AvgIpc) is 2.65. The molecule has 0 amide bonds. The van der Waals surface area contributed by atoms with E-state index in [1.165, 1.54) is 7.11 Å². The van der Waals surface area contributed by atoms with Crippen LogP contribution in [0.4, 0.5) is 0 Å². The smallest absolute Gasteiger partial charge is 0.308 e. The predicted molar refractivity (Wildman–Crippen MR) is 89.1 cm³/mol. The van der Waals surface area contributed by atoms with Gasteiger partial charge in [-0.25, -0.2) is 14.7 Å². The molecule has 0 aliphatic carbocycles. The summed E-state index contributed by atoms with van der Waals surface area (Å²) in [5.41, 5.74) is 0. The van der Waals surface area contributed by atoms with Crippen LogP contribution in [0.5, 0.6) is 0 Å². The van der Waals surface area contributed by atoms with Gasteiger partial charge in [0.25, 0.3) is 0 Å². The summed E-state index contributed by atoms with van der Waals surface area (Å²) >= 11 is 0. The minimum Gasteiger partial charge on any atom is -0.469 e. The lowest BCUT2D eigenvalue weighted by atomic mass is 10.0. The van der Waals surface area contributed by atoms with Crippen LogP contribution in [0.2, 0.25) is 0 Å². The highest BCUT2D eigenvalue weighted by Crippen LogP contribution is 2.29. The minimum atomic E-state index is -0.948. The molecule has 2 aliphatic rings. The lowest BCUT2D eigenvalue weighted by molar-refractivity contribution is -0.428. The summed E-state index contributed by atoms with van der Waals surface area (Å²) in [4.78, 5) is 32.7. The Balaban J connectivity index is 1.76. The molecule has 2 heterocycles. The van der Waals surface area contributed by atoms with Crippen LogP contribution in [0.1, 0.15) is 45.4 Å². The molecule has 0 fully saturated rings. The molecule has 2 rings (SSSR count). The number of ether oxygens (including phenoxy) is 2. The van der Waals surface area contributed by atoms with Crippen LogP contribution < -0.4 is 0 Å². The van der Waals surface area contributed by atoms with Crippen LogP contribution in [0.3, 0.4) is 0 Å². The molecular formula is C18H28O7. The van der Waals surface area contributed by atoms with Crippen molar-refractivity contribution in [2.75, 3.05) is 14.2 Å². The Morgan fingerprint density at radius 3 is 2.28 bits per heavy atom. The number of carbonyl (C=O) groups excluding carboxylic acids is 1. The third-order valence-corrected chi connectivity index (χ3v) is 4.25. The van der Waals surface area contributed by atoms with E-state index in [-0.39, 0.29) is 24.6 Å². The third kappa shape index (κ3) is 6.20. The monoisotopic (exact) mass is 356 g/mol. The van der Waals surface area contributed by atoms with Crippen molar-refractivity contribution in [3.63, 3.8) is 0 Å². The zero-order chi connectivity index (χ0) is 18.1. The van der Waals surface area contributed by atoms with E-state index < -0.39 is 11.9 Å². The van der Waals surface area contributed by atoms with Gasteiger partial charge in [-0.3, -0.25) is 4.79 Å². The Morgan fingerprint density at radius 2 is 1.76 bits per heavy atom. The van der Waals surface area contributed by atoms with Gasteiger partial charge in [-0.1, -0.05) is 31.6 Å². The van der Waals surface area contributed by atoms with Crippen molar-refractivity contribution in [1.82, 2.24) is 0 Å². The maximum atomic E-state index is 11.3. The third-order valence-electron chi connectivity index (χ3n) is 4.25. The molecule has 0 aromatic carbocycles. The van der Waals surface area contributed by atoms with E-state index in [1.54, 1.807) is 19.3 Å². The summed E-state index contributed by atoms with van der Waals surface area (Å²) in [6, 6.07) is 0. The number of hydrogen-bond acceptors (Lipinski definition) is 7. The highest BCUT2D eigenvalue weighted by Gasteiger charge is 2.34. The van der Waals surface area contributed by atoms with Crippen molar-refractivity contribution >= 4 is 5.97 Å². The highest BCUT2D eigenvalue weighted by molar-refractivity contribution is 5.70. The molecule has 0 aromatic rings. The standard InChI is InChI=1S/C18H28O7/c1-4-6-14-8-9-15(23-22-14)7-5-11-18(21-3)12-10-16(24-25-18)13-17(19)20-2/h8-10,12,14-16H,4-7,11,13H2,1-3H3/t14?,15?,16-,18+/m0/s1. The van der Waals surface area contributed by atoms with Crippen LogP contribution in [0.25, 0.3) is 0 Å². The summed E-state index contributed by atoms with van der Waals surface area (Å²) in [5.74, 6) is -1.30. The van der Waals surface area contributed by atoms with Crippen molar-refractivity contribution in [1.29, 1.82) is 0 Å². The van der Waals surface area contributed by atoms with Crippen LogP contribution >= 0.6 is 0 Å². The molecule has 7 nitrogen and oxygen atoms in total. The number of methoxy groups -OCH3 is 2. The van der Waals surface area contributed by atoms with Crippen molar-refractivity contribution in [2.45, 2.75) is 69.5 Å². The van der Waals surface area contributed by atoms with E-state index in [2.05, 4.69) is 17.7 Å². The van der Waals surface area contributed by atoms with Gasteiger partial charge in [0.2, 0.25) is 5.79 Å². The maximum Gasteiger partial charge on any atom is 0.308 e. The summed E-state index contributed by atoms with van der Waals surface area (Å²) < 4.78 is 10.1. The molecule has 4 atom stereocenters. The van der Waals surface area contributed by atoms with Gasteiger partial charge in [0.1, 0.15) is 18.3 Å². The Hall–Kier alpha value is -1.25. The normalized spacial score (nSPS) is 31.9. The molecule has 0 spiro atoms. The van der Waals surface area contributed by atoms with Gasteiger partial charge in [-0.15, -0.1) is 0 Å². The first-order valence-corrected chi connectivity index (χ1v) is 8.77. The molecule has 0 radical (unpaired) electrons. The molecule has 2 aliphatic heterocycles. The molecule has 142 valence electrons. The lowest BCUT2D eigenvalue weighted by Crippen LogP contribution is -2.38. The molecule has 25 heavy (non-hydrogen) atoms. The van der Waals surface area contributed by atoms with Gasteiger partial charge < -0.3 is 9.47 Å². The fourth-order valence-electron chi connectivity index (χ4n) is 2.71. The second-order valence-electron chi connectivity index (χ2n) is 6.21. The van der Waals surface area contributed by atoms with E-state index >= 15 is 0 Å². The van der Waals surface area contributed by atoms with Crippen LogP contribution in [0.15, 0.2) is 24.3 Å². The quantitative estimate of drug-likeness (QED) is 0.357. The van der Waals surface area contributed by atoms with Crippen molar-refractivity contribution in [3.8, 4) is 0 Å². The summed E-state index contributed by atoms with van der Waals surface area (Å²) in [5, 5.41) is 0. The van der Waals surface area contributed by atoms with Gasteiger partial charge in [0.05, 0.1) is 13.5 Å². The zero-order valence-electron chi connectivity index (χ0n) is 15.1. The molecular weight excluding hydrogens is 328 g/mol. The van der Waals surface area contributed by atoms with E-state index in [9.17, 15) is 4.79 Å². The van der Waals surface area contributed by atoms with E-state index in [1.807, 2.05) is 6.08 Å². The zero-order valence-corrected chi connectivity index (χ0v) is 15.1. The van der Waals surface area contributed by atoms with E-state index in [4.69, 9.17) is 24.3 Å². The first kappa shape index (κ1) is 20.1. The predicted octanol–water partition coefficient (Wildman–Crippen LogP) is 3.00. The lowest BCUT2D eigenvalue weighted by Gasteiger charge is -2.33. The van der Waals surface area contributed by atoms with Crippen molar-refractivity contribution in [2.24, 2.45) is 0 Å². The number of hydrogen-bond donors (Lipinski definition) is 0. The van der Waals surface area contributed by atoms with Gasteiger partial charge in [0, 0.05) is 13.5 Å². The minimum absolute atomic E-state index is 0.0522. The first-order chi connectivity index (χ1) is 12.1. The second-order valence-corrected chi connectivity index (χ2v) is 6.21. The van der Waals surface area contributed by atoms with Crippen LogP contribution in [-0.2, 0) is 33.8 Å².